The van der Waals surface area contributed by atoms with Gasteiger partial charge in [-0.3, -0.25) is 13.9 Å². The van der Waals surface area contributed by atoms with Crippen LogP contribution in [0.25, 0.3) is 0 Å². The highest BCUT2D eigenvalue weighted by atomic mass is 32.2. The van der Waals surface area contributed by atoms with Gasteiger partial charge >= 0.3 is 0 Å². The van der Waals surface area contributed by atoms with Crippen molar-refractivity contribution in [1.82, 2.24) is 10.2 Å². The molecule has 1 N–H and O–H groups in total. The lowest BCUT2D eigenvalue weighted by Crippen LogP contribution is -2.52. The number of nitrogens with zero attached hydrogens (tertiary/aromatic N) is 2. The molecule has 2 aromatic carbocycles. The summed E-state index contributed by atoms with van der Waals surface area (Å²) in [6.07, 6.45) is 1.49. The van der Waals surface area contributed by atoms with Gasteiger partial charge in [0.2, 0.25) is 21.8 Å². The largest absolute Gasteiger partial charge is 0.355 e. The highest BCUT2D eigenvalue weighted by Crippen LogP contribution is 2.26. The number of rotatable bonds is 10. The number of hydrogen-bond donors (Lipinski definition) is 1. The normalized spacial score (nSPS) is 12.7. The number of likely N-dealkylation sites (N-methyl/N-ethyl adjacent to an activating group) is 1. The van der Waals surface area contributed by atoms with Crippen molar-refractivity contribution in [3.8, 4) is 0 Å². The number of sulfonamides is 1. The van der Waals surface area contributed by atoms with Crippen LogP contribution < -0.4 is 9.62 Å². The maximum Gasteiger partial charge on any atom is 0.244 e. The van der Waals surface area contributed by atoms with Crippen LogP contribution in [0.15, 0.2) is 48.5 Å². The average molecular weight is 502 g/mol. The molecule has 35 heavy (non-hydrogen) atoms. The van der Waals surface area contributed by atoms with Crippen molar-refractivity contribution >= 4 is 27.5 Å². The maximum absolute atomic E-state index is 13.6. The fourth-order valence-electron chi connectivity index (χ4n) is 3.84. The number of aryl methyl sites for hydroxylation is 1. The Morgan fingerprint density at radius 2 is 1.54 bits per heavy atom. The Bertz CT molecular complexity index is 1100. The summed E-state index contributed by atoms with van der Waals surface area (Å²) in [7, 11) is -3.75. The summed E-state index contributed by atoms with van der Waals surface area (Å²) in [5.41, 5.74) is 3.34. The predicted molar refractivity (Wildman–Crippen MR) is 142 cm³/mol. The molecular formula is C27H39N3O4S. The number of amides is 2. The molecule has 7 nitrogen and oxygen atoms in total. The third-order valence-corrected chi connectivity index (χ3v) is 7.05. The molecule has 0 radical (unpaired) electrons. The smallest absolute Gasteiger partial charge is 0.244 e. The molecule has 0 aliphatic heterocycles. The average Bonchev–Trinajstić information content (AvgIpc) is 2.77. The molecular weight excluding hydrogens is 462 g/mol. The maximum atomic E-state index is 13.6. The molecule has 0 saturated carbocycles. The van der Waals surface area contributed by atoms with Crippen molar-refractivity contribution in [2.75, 3.05) is 23.7 Å². The van der Waals surface area contributed by atoms with Crippen molar-refractivity contribution in [2.45, 2.75) is 66.0 Å². The minimum absolute atomic E-state index is 0.0872. The van der Waals surface area contributed by atoms with Gasteiger partial charge in [-0.15, -0.1) is 0 Å². The Morgan fingerprint density at radius 1 is 0.971 bits per heavy atom. The van der Waals surface area contributed by atoms with E-state index in [9.17, 15) is 18.0 Å². The molecule has 0 aliphatic rings. The van der Waals surface area contributed by atoms with E-state index in [0.717, 1.165) is 27.3 Å². The zero-order chi connectivity index (χ0) is 26.4. The van der Waals surface area contributed by atoms with Gasteiger partial charge in [0.15, 0.2) is 0 Å². The molecule has 8 heteroatoms. The van der Waals surface area contributed by atoms with Crippen LogP contribution in [0.4, 0.5) is 5.69 Å². The first-order valence-electron chi connectivity index (χ1n) is 12.0. The Balaban J connectivity index is 2.42. The van der Waals surface area contributed by atoms with Crippen molar-refractivity contribution in [2.24, 2.45) is 0 Å². The van der Waals surface area contributed by atoms with Crippen LogP contribution in [0.1, 0.15) is 57.7 Å². The number of carbonyl (C=O) groups excluding carboxylic acids is 2. The van der Waals surface area contributed by atoms with Gasteiger partial charge in [-0.1, -0.05) is 69.7 Å². The molecule has 0 aromatic heterocycles. The lowest BCUT2D eigenvalue weighted by Gasteiger charge is -2.33. The van der Waals surface area contributed by atoms with Gasteiger partial charge in [0, 0.05) is 13.1 Å². The molecule has 0 unspecified atom stereocenters. The fourth-order valence-corrected chi connectivity index (χ4v) is 4.69. The van der Waals surface area contributed by atoms with Gasteiger partial charge in [-0.25, -0.2) is 8.42 Å². The molecule has 0 bridgehead atoms. The van der Waals surface area contributed by atoms with E-state index in [2.05, 4.69) is 26.1 Å². The monoisotopic (exact) mass is 501 g/mol. The minimum atomic E-state index is -3.75. The topological polar surface area (TPSA) is 86.8 Å². The summed E-state index contributed by atoms with van der Waals surface area (Å²) in [6, 6.07) is 14.2. The van der Waals surface area contributed by atoms with Gasteiger partial charge < -0.3 is 10.2 Å². The number of hydrogen-bond acceptors (Lipinski definition) is 4. The SMILES string of the molecule is CCNC(=O)[C@@H](CC)N(Cc1ccc(C)cc1)C(=O)CN(c1ccc(C(C)(C)C)cc1)S(C)(=O)=O. The van der Waals surface area contributed by atoms with Crippen LogP contribution in [0.5, 0.6) is 0 Å². The lowest BCUT2D eigenvalue weighted by atomic mass is 9.87. The Kier molecular flexibility index (Phi) is 9.49. The van der Waals surface area contributed by atoms with Crippen molar-refractivity contribution < 1.29 is 18.0 Å². The summed E-state index contributed by atoms with van der Waals surface area (Å²) in [5.74, 6) is -0.690. The van der Waals surface area contributed by atoms with E-state index in [0.29, 0.717) is 18.7 Å². The molecule has 0 aliphatic carbocycles. The van der Waals surface area contributed by atoms with E-state index in [-0.39, 0.29) is 17.9 Å². The Labute approximate surface area is 210 Å². The standard InChI is InChI=1S/C27H39N3O4S/c1-8-24(26(32)28-9-2)29(18-21-12-10-20(3)11-13-21)25(31)19-30(35(7,33)34)23-16-14-22(15-17-23)27(4,5)6/h10-17,24H,8-9,18-19H2,1-7H3,(H,28,32)/t24-/m1/s1. The second kappa shape index (κ2) is 11.7. The summed E-state index contributed by atoms with van der Waals surface area (Å²) in [6.45, 7) is 12.1. The van der Waals surface area contributed by atoms with Gasteiger partial charge in [-0.2, -0.15) is 0 Å². The summed E-state index contributed by atoms with van der Waals surface area (Å²) in [5, 5.41) is 2.80. The first-order valence-corrected chi connectivity index (χ1v) is 13.8. The molecule has 1 atom stereocenters. The summed E-state index contributed by atoms with van der Waals surface area (Å²) >= 11 is 0. The quantitative estimate of drug-likeness (QED) is 0.533. The highest BCUT2D eigenvalue weighted by Gasteiger charge is 2.31. The van der Waals surface area contributed by atoms with E-state index in [1.165, 1.54) is 4.90 Å². The van der Waals surface area contributed by atoms with Crippen molar-refractivity contribution in [3.63, 3.8) is 0 Å². The molecule has 2 amide bonds. The van der Waals surface area contributed by atoms with Crippen LogP contribution >= 0.6 is 0 Å². The third-order valence-electron chi connectivity index (χ3n) is 5.91. The van der Waals surface area contributed by atoms with Crippen molar-refractivity contribution in [3.05, 3.63) is 65.2 Å². The van der Waals surface area contributed by atoms with E-state index in [1.807, 2.05) is 57.2 Å². The zero-order valence-corrected chi connectivity index (χ0v) is 22.8. The molecule has 2 aromatic rings. The van der Waals surface area contributed by atoms with Crippen molar-refractivity contribution in [1.29, 1.82) is 0 Å². The highest BCUT2D eigenvalue weighted by molar-refractivity contribution is 7.92. The molecule has 192 valence electrons. The number of benzene rings is 2. The van der Waals surface area contributed by atoms with Crippen LogP contribution in [-0.4, -0.2) is 50.5 Å². The van der Waals surface area contributed by atoms with Gasteiger partial charge in [-0.05, 0) is 48.9 Å². The fraction of sp³-hybridized carbons (Fsp3) is 0.481. The first-order chi connectivity index (χ1) is 16.3. The zero-order valence-electron chi connectivity index (χ0n) is 22.0. The summed E-state index contributed by atoms with van der Waals surface area (Å²) < 4.78 is 26.5. The predicted octanol–water partition coefficient (Wildman–Crippen LogP) is 4.00. The van der Waals surface area contributed by atoms with E-state index < -0.39 is 28.5 Å². The molecule has 0 saturated heterocycles. The third kappa shape index (κ3) is 7.82. The van der Waals surface area contributed by atoms with Gasteiger partial charge in [0.05, 0.1) is 11.9 Å². The molecule has 2 rings (SSSR count). The number of carbonyl (C=O) groups is 2. The van der Waals surface area contributed by atoms with Crippen LogP contribution in [0.3, 0.4) is 0 Å². The van der Waals surface area contributed by atoms with Gasteiger partial charge in [0.25, 0.3) is 0 Å². The van der Waals surface area contributed by atoms with Gasteiger partial charge in [0.1, 0.15) is 12.6 Å². The van der Waals surface area contributed by atoms with E-state index >= 15 is 0 Å². The van der Waals surface area contributed by atoms with Crippen LogP contribution in [-0.2, 0) is 31.6 Å². The molecule has 0 fully saturated rings. The number of nitrogens with one attached hydrogen (secondary N) is 1. The second-order valence-electron chi connectivity index (χ2n) is 9.89. The first kappa shape index (κ1) is 28.4. The van der Waals surface area contributed by atoms with E-state index in [1.54, 1.807) is 12.1 Å². The molecule has 0 heterocycles. The van der Waals surface area contributed by atoms with Crippen LogP contribution in [0, 0.1) is 6.92 Å². The minimum Gasteiger partial charge on any atom is -0.355 e. The Hall–Kier alpha value is -2.87. The second-order valence-corrected chi connectivity index (χ2v) is 11.8. The Morgan fingerprint density at radius 3 is 2.00 bits per heavy atom. The number of anilines is 1. The van der Waals surface area contributed by atoms with E-state index in [4.69, 9.17) is 0 Å². The van der Waals surface area contributed by atoms with Crippen LogP contribution in [0.2, 0.25) is 0 Å². The lowest BCUT2D eigenvalue weighted by molar-refractivity contribution is -0.140. The summed E-state index contributed by atoms with van der Waals surface area (Å²) in [4.78, 5) is 27.9. The molecule has 0 spiro atoms.